The van der Waals surface area contributed by atoms with Crippen LogP contribution < -0.4 is 14.2 Å². The summed E-state index contributed by atoms with van der Waals surface area (Å²) in [6, 6.07) is 47.1. The molecule has 19 nitrogen and oxygen atoms in total. The van der Waals surface area contributed by atoms with Gasteiger partial charge in [0.25, 0.3) is 0 Å². The minimum atomic E-state index is -0.893. The first kappa shape index (κ1) is 62.2. The number of carboxylic acid groups (broad SMARTS) is 1. The average molecular weight is 1210 g/mol. The van der Waals surface area contributed by atoms with Gasteiger partial charge in [0, 0.05) is 36.6 Å². The van der Waals surface area contributed by atoms with E-state index in [2.05, 4.69) is 5.10 Å². The average Bonchev–Trinajstić information content (AvgIpc) is 3.03. The lowest BCUT2D eigenvalue weighted by atomic mass is 10.1. The molecule has 0 bridgehead atoms. The van der Waals surface area contributed by atoms with Gasteiger partial charge in [0.1, 0.15) is 17.2 Å². The minimum Gasteiger partial charge on any atom is -0.496 e. The summed E-state index contributed by atoms with van der Waals surface area (Å²) in [5, 5.41) is 23.1. The zero-order valence-electron chi connectivity index (χ0n) is 48.5. The third kappa shape index (κ3) is 15.3. The maximum absolute atomic E-state index is 12.6. The summed E-state index contributed by atoms with van der Waals surface area (Å²) >= 11 is 17.1. The van der Waals surface area contributed by atoms with E-state index in [0.29, 0.717) is 101 Å². The first-order chi connectivity index (χ1) is 41.1. The van der Waals surface area contributed by atoms with E-state index >= 15 is 0 Å². The van der Waals surface area contributed by atoms with Gasteiger partial charge in [-0.15, -0.1) is 0 Å². The molecule has 9 aromatic rings. The second-order valence-electron chi connectivity index (χ2n) is 19.5. The maximum Gasteiger partial charge on any atom is 0.307 e. The molecule has 3 aromatic heterocycles. The van der Waals surface area contributed by atoms with E-state index in [4.69, 9.17) is 75.6 Å². The summed E-state index contributed by atoms with van der Waals surface area (Å²) in [7, 11) is 4.87. The van der Waals surface area contributed by atoms with Crippen molar-refractivity contribution in [3.8, 4) is 68.5 Å². The normalized spacial score (nSPS) is 11.9. The fourth-order valence-corrected chi connectivity index (χ4v) is 10.2. The molecule has 85 heavy (non-hydrogen) atoms. The number of aromatic nitrogens is 9. The first-order valence-electron chi connectivity index (χ1n) is 27.6. The molecule has 1 aliphatic heterocycles. The Bertz CT molecular complexity index is 3930. The molecule has 0 aliphatic carbocycles. The van der Waals surface area contributed by atoms with Crippen molar-refractivity contribution in [1.29, 1.82) is 0 Å². The number of hydrogen-bond donors (Lipinski definition) is 1. The molecule has 1 N–H and O–H groups in total. The van der Waals surface area contributed by atoms with Crippen molar-refractivity contribution in [3.05, 3.63) is 177 Å². The van der Waals surface area contributed by atoms with E-state index in [1.54, 1.807) is 42.3 Å². The van der Waals surface area contributed by atoms with Crippen LogP contribution in [0.3, 0.4) is 0 Å². The Hall–Kier alpha value is -8.83. The Kier molecular flexibility index (Phi) is 21.7. The van der Waals surface area contributed by atoms with Gasteiger partial charge in [-0.2, -0.15) is 15.3 Å². The van der Waals surface area contributed by atoms with Crippen LogP contribution in [0.1, 0.15) is 42.9 Å². The van der Waals surface area contributed by atoms with Crippen LogP contribution in [0.4, 0.5) is 0 Å². The summed E-state index contributed by atoms with van der Waals surface area (Å²) < 4.78 is 39.0. The van der Waals surface area contributed by atoms with Gasteiger partial charge in [0.2, 0.25) is 20.2 Å². The molecule has 0 spiro atoms. The molecule has 22 heteroatoms. The van der Waals surface area contributed by atoms with Crippen LogP contribution in [0, 0.1) is 35.1 Å². The largest absolute Gasteiger partial charge is 0.496 e. The monoisotopic (exact) mass is 1200 g/mol. The number of carboxylic acids is 1. The molecular formula is C63H68N10O9S3. The Balaban J connectivity index is 0.000000167. The zero-order valence-corrected chi connectivity index (χ0v) is 51.0. The highest BCUT2D eigenvalue weighted by molar-refractivity contribution is 7.71. The summed E-state index contributed by atoms with van der Waals surface area (Å²) in [4.78, 5) is 37.2. The SMILES string of the molecule is CCOC(=O)CCn1nc(-c2ccccc2OC)n(-c2ccc(C)cc2)c1=S.COc1ccccc1-c1nn(CCC(=O)N2CCOCC2)c(=S)n1-c1ccc(C)cc1.COc1ccccc1-c1nn(CCC(=O)O)c(=S)n1-c1ccc(C)cc1. The predicted octanol–water partition coefficient (Wildman–Crippen LogP) is 11.8. The van der Waals surface area contributed by atoms with Crippen LogP contribution in [-0.4, -0.2) is 125 Å². The Morgan fingerprint density at radius 2 is 0.824 bits per heavy atom. The Labute approximate surface area is 508 Å². The van der Waals surface area contributed by atoms with Crippen molar-refractivity contribution in [2.75, 3.05) is 54.2 Å². The summed E-state index contributed by atoms with van der Waals surface area (Å²) in [5.41, 5.74) is 8.60. The summed E-state index contributed by atoms with van der Waals surface area (Å²) in [6.07, 6.45) is 0.494. The van der Waals surface area contributed by atoms with E-state index in [0.717, 1.165) is 50.4 Å². The van der Waals surface area contributed by atoms with E-state index in [-0.39, 0.29) is 31.3 Å². The third-order valence-corrected chi connectivity index (χ3v) is 14.9. The van der Waals surface area contributed by atoms with Gasteiger partial charge < -0.3 is 33.7 Å². The number of esters is 1. The number of carbonyl (C=O) groups excluding carboxylic acids is 2. The molecule has 0 atom stereocenters. The van der Waals surface area contributed by atoms with Crippen molar-refractivity contribution in [3.63, 3.8) is 0 Å². The van der Waals surface area contributed by atoms with Gasteiger partial charge >= 0.3 is 11.9 Å². The number of hydrogen-bond acceptors (Lipinski definition) is 14. The molecule has 442 valence electrons. The molecule has 10 rings (SSSR count). The lowest BCUT2D eigenvalue weighted by Crippen LogP contribution is -2.41. The van der Waals surface area contributed by atoms with Gasteiger partial charge in [-0.3, -0.25) is 28.1 Å². The van der Waals surface area contributed by atoms with E-state index in [1.165, 1.54) is 0 Å². The summed E-state index contributed by atoms with van der Waals surface area (Å²) in [5.74, 6) is 2.98. The number of aryl methyl sites for hydroxylation is 6. The minimum absolute atomic E-state index is 0.0510. The number of nitrogens with zero attached hydrogens (tertiary/aromatic N) is 10. The highest BCUT2D eigenvalue weighted by Crippen LogP contribution is 2.34. The van der Waals surface area contributed by atoms with Crippen LogP contribution in [0.25, 0.3) is 51.2 Å². The van der Waals surface area contributed by atoms with Gasteiger partial charge in [-0.1, -0.05) is 89.5 Å². The highest BCUT2D eigenvalue weighted by Gasteiger charge is 2.23. The standard InChI is InChI=1S/C23H26N4O3S.C21H23N3O3S.C19H19N3O3S/c1-17-7-9-18(10-8-17)27-22(19-5-3-4-6-20(19)29-2)24-26(23(27)31)12-11-21(28)25-13-15-30-16-14-25;1-4-27-19(25)13-14-23-21(28)24(16-11-9-15(2)10-12-16)20(22-23)17-7-5-6-8-18(17)26-3;1-13-7-9-14(10-8-13)22-18(15-5-3-4-6-16(15)25-2)20-21(19(22)26)12-11-17(23)24/h3-10H,11-16H2,1-2H3;5-12H,4,13-14H2,1-3H3;3-10H,11-12H2,1-2H3,(H,23,24). The second kappa shape index (κ2) is 29.6. The van der Waals surface area contributed by atoms with E-state index < -0.39 is 5.97 Å². The molecule has 0 radical (unpaired) electrons. The van der Waals surface area contributed by atoms with E-state index in [9.17, 15) is 14.4 Å². The quantitative estimate of drug-likeness (QED) is 0.0594. The smallest absolute Gasteiger partial charge is 0.307 e. The van der Waals surface area contributed by atoms with Gasteiger partial charge in [-0.05, 0) is 137 Å². The van der Waals surface area contributed by atoms with Crippen molar-refractivity contribution in [2.45, 2.75) is 66.6 Å². The molecule has 0 unspecified atom stereocenters. The number of amides is 1. The van der Waals surface area contributed by atoms with Crippen LogP contribution in [0.2, 0.25) is 0 Å². The first-order valence-corrected chi connectivity index (χ1v) is 28.8. The Morgan fingerprint density at radius 3 is 1.15 bits per heavy atom. The Morgan fingerprint density at radius 1 is 0.494 bits per heavy atom. The molecule has 0 saturated carbocycles. The topological polar surface area (TPSA) is 189 Å². The zero-order chi connectivity index (χ0) is 60.6. The van der Waals surface area contributed by atoms with Crippen molar-refractivity contribution in [1.82, 2.24) is 47.9 Å². The third-order valence-electron chi connectivity index (χ3n) is 13.7. The van der Waals surface area contributed by atoms with Crippen LogP contribution in [0.15, 0.2) is 146 Å². The van der Waals surface area contributed by atoms with E-state index in [1.807, 2.05) is 185 Å². The fraction of sp³-hybridized carbons (Fsp3) is 0.286. The number of carbonyl (C=O) groups is 3. The number of para-hydroxylation sites is 3. The van der Waals surface area contributed by atoms with Crippen molar-refractivity contribution >= 4 is 54.5 Å². The van der Waals surface area contributed by atoms with Crippen LogP contribution in [-0.2, 0) is 43.5 Å². The van der Waals surface area contributed by atoms with Crippen molar-refractivity contribution < 1.29 is 43.2 Å². The molecule has 1 saturated heterocycles. The molecular weight excluding hydrogens is 1140 g/mol. The number of benzene rings is 6. The molecule has 4 heterocycles. The predicted molar refractivity (Wildman–Crippen MR) is 333 cm³/mol. The lowest BCUT2D eigenvalue weighted by Gasteiger charge is -2.26. The van der Waals surface area contributed by atoms with Gasteiger partial charge in [0.15, 0.2) is 17.5 Å². The lowest BCUT2D eigenvalue weighted by molar-refractivity contribution is -0.143. The van der Waals surface area contributed by atoms with Gasteiger partial charge in [0.05, 0.1) is 90.3 Å². The molecule has 1 aliphatic rings. The highest BCUT2D eigenvalue weighted by atomic mass is 32.1. The number of morpholine rings is 1. The molecule has 1 fully saturated rings. The van der Waals surface area contributed by atoms with Crippen LogP contribution >= 0.6 is 36.7 Å². The fourth-order valence-electron chi connectivity index (χ4n) is 9.26. The number of rotatable bonds is 19. The number of methoxy groups -OCH3 is 3. The molecule has 6 aromatic carbocycles. The number of ether oxygens (including phenoxy) is 5. The number of aliphatic carboxylic acids is 1. The second-order valence-corrected chi connectivity index (χ2v) is 20.6. The van der Waals surface area contributed by atoms with Crippen LogP contribution in [0.5, 0.6) is 17.2 Å². The summed E-state index contributed by atoms with van der Waals surface area (Å²) in [6.45, 7) is 11.6. The maximum atomic E-state index is 12.6. The van der Waals surface area contributed by atoms with Crippen molar-refractivity contribution in [2.24, 2.45) is 0 Å². The molecule has 1 amide bonds. The van der Waals surface area contributed by atoms with Gasteiger partial charge in [-0.25, -0.2) is 14.0 Å².